The highest BCUT2D eigenvalue weighted by molar-refractivity contribution is 7.91. The third-order valence-corrected chi connectivity index (χ3v) is 7.58. The van der Waals surface area contributed by atoms with Gasteiger partial charge in [0.25, 0.3) is 0 Å². The third kappa shape index (κ3) is 4.29. The number of nitrogens with one attached hydrogen (secondary N) is 1. The molecule has 28 heavy (non-hydrogen) atoms. The van der Waals surface area contributed by atoms with E-state index in [1.807, 2.05) is 28.9 Å². The summed E-state index contributed by atoms with van der Waals surface area (Å²) in [5.41, 5.74) is 0.956. The van der Waals surface area contributed by atoms with E-state index in [-0.39, 0.29) is 6.04 Å². The van der Waals surface area contributed by atoms with Crippen molar-refractivity contribution in [2.45, 2.75) is 19.1 Å². The van der Waals surface area contributed by atoms with Gasteiger partial charge >= 0.3 is 0 Å². The Labute approximate surface area is 170 Å². The van der Waals surface area contributed by atoms with Gasteiger partial charge in [0.15, 0.2) is 15.7 Å². The number of benzene rings is 1. The van der Waals surface area contributed by atoms with Gasteiger partial charge in [0.2, 0.25) is 4.77 Å². The second kappa shape index (κ2) is 7.94. The number of methoxy groups -OCH3 is 1. The molecule has 152 valence electrons. The zero-order valence-electron chi connectivity index (χ0n) is 15.9. The lowest BCUT2D eigenvalue weighted by Gasteiger charge is -2.37. The van der Waals surface area contributed by atoms with Crippen LogP contribution in [0.3, 0.4) is 0 Å². The Morgan fingerprint density at radius 3 is 2.54 bits per heavy atom. The summed E-state index contributed by atoms with van der Waals surface area (Å²) in [4.78, 5) is 9.10. The van der Waals surface area contributed by atoms with Crippen LogP contribution < -0.4 is 4.74 Å². The van der Waals surface area contributed by atoms with E-state index in [1.165, 1.54) is 0 Å². The second-order valence-electron chi connectivity index (χ2n) is 7.36. The van der Waals surface area contributed by atoms with Gasteiger partial charge in [-0.15, -0.1) is 0 Å². The van der Waals surface area contributed by atoms with Gasteiger partial charge in [-0.2, -0.15) is 4.98 Å². The van der Waals surface area contributed by atoms with E-state index in [0.29, 0.717) is 22.9 Å². The van der Waals surface area contributed by atoms with Crippen LogP contribution in [-0.4, -0.2) is 83.8 Å². The molecule has 1 unspecified atom stereocenters. The Kier molecular flexibility index (Phi) is 5.55. The third-order valence-electron chi connectivity index (χ3n) is 5.52. The highest BCUT2D eigenvalue weighted by Gasteiger charge is 2.33. The molecule has 8 nitrogen and oxygen atoms in total. The molecule has 1 aromatic heterocycles. The van der Waals surface area contributed by atoms with Gasteiger partial charge in [-0.05, 0) is 42.9 Å². The maximum atomic E-state index is 11.7. The monoisotopic (exact) mass is 423 g/mol. The average molecular weight is 424 g/mol. The van der Waals surface area contributed by atoms with Crippen LogP contribution >= 0.6 is 12.2 Å². The zero-order chi connectivity index (χ0) is 19.7. The molecule has 3 heterocycles. The molecule has 2 fully saturated rings. The van der Waals surface area contributed by atoms with Crippen LogP contribution in [-0.2, 0) is 16.5 Å². The molecule has 0 aliphatic carbocycles. The fourth-order valence-electron chi connectivity index (χ4n) is 3.86. The number of sulfone groups is 1. The van der Waals surface area contributed by atoms with Crippen LogP contribution in [0, 0.1) is 4.77 Å². The van der Waals surface area contributed by atoms with E-state index in [1.54, 1.807) is 7.11 Å². The van der Waals surface area contributed by atoms with Crippen molar-refractivity contribution < 1.29 is 13.2 Å². The topological polar surface area (TPSA) is 83.5 Å². The lowest BCUT2D eigenvalue weighted by molar-refractivity contribution is 0.0809. The van der Waals surface area contributed by atoms with Crippen molar-refractivity contribution in [3.05, 3.63) is 29.0 Å². The maximum Gasteiger partial charge on any atom is 0.217 e. The molecule has 0 radical (unpaired) electrons. The van der Waals surface area contributed by atoms with Crippen molar-refractivity contribution in [2.75, 3.05) is 44.8 Å². The summed E-state index contributed by atoms with van der Waals surface area (Å²) in [5, 5.41) is 3.29. The first-order valence-corrected chi connectivity index (χ1v) is 11.6. The van der Waals surface area contributed by atoms with E-state index in [0.717, 1.165) is 49.7 Å². The first-order valence-electron chi connectivity index (χ1n) is 9.42. The number of piperazine rings is 1. The predicted molar refractivity (Wildman–Crippen MR) is 110 cm³/mol. The molecule has 1 atom stereocenters. The summed E-state index contributed by atoms with van der Waals surface area (Å²) in [7, 11) is -1.19. The number of hydrogen-bond acceptors (Lipinski definition) is 7. The lowest BCUT2D eigenvalue weighted by Crippen LogP contribution is -2.50. The minimum atomic E-state index is -2.83. The number of H-pyrrole nitrogens is 1. The van der Waals surface area contributed by atoms with Gasteiger partial charge in [0, 0.05) is 37.8 Å². The number of ether oxygens (including phenoxy) is 1. The van der Waals surface area contributed by atoms with E-state index >= 15 is 0 Å². The molecule has 0 amide bonds. The molecule has 2 aliphatic rings. The number of aromatic amines is 1. The van der Waals surface area contributed by atoms with Gasteiger partial charge < -0.3 is 4.74 Å². The Balaban J connectivity index is 1.36. The van der Waals surface area contributed by atoms with Gasteiger partial charge in [-0.25, -0.2) is 13.1 Å². The van der Waals surface area contributed by atoms with Crippen molar-refractivity contribution in [2.24, 2.45) is 0 Å². The van der Waals surface area contributed by atoms with Crippen molar-refractivity contribution in [1.82, 2.24) is 24.6 Å². The minimum absolute atomic E-state index is 0.183. The maximum absolute atomic E-state index is 11.7. The summed E-state index contributed by atoms with van der Waals surface area (Å²) in [6.07, 6.45) is 0.763. The molecular weight excluding hydrogens is 398 g/mol. The fraction of sp³-hybridized carbons (Fsp3) is 0.556. The van der Waals surface area contributed by atoms with Crippen LogP contribution in [0.15, 0.2) is 24.3 Å². The Morgan fingerprint density at radius 2 is 1.93 bits per heavy atom. The summed E-state index contributed by atoms with van der Waals surface area (Å²) in [5.74, 6) is 2.18. The summed E-state index contributed by atoms with van der Waals surface area (Å²) >= 11 is 5.42. The molecule has 0 bridgehead atoms. The number of rotatable bonds is 5. The first-order chi connectivity index (χ1) is 13.4. The van der Waals surface area contributed by atoms with Crippen molar-refractivity contribution in [1.29, 1.82) is 0 Å². The van der Waals surface area contributed by atoms with Crippen LogP contribution in [0.25, 0.3) is 11.4 Å². The Hall–Kier alpha value is -1.75. The molecule has 0 spiro atoms. The molecule has 0 saturated carbocycles. The molecule has 4 rings (SSSR count). The van der Waals surface area contributed by atoms with E-state index in [9.17, 15) is 8.42 Å². The van der Waals surface area contributed by atoms with Crippen LogP contribution in [0.5, 0.6) is 5.75 Å². The molecule has 2 saturated heterocycles. The molecule has 2 aliphatic heterocycles. The highest BCUT2D eigenvalue weighted by atomic mass is 32.2. The smallest absolute Gasteiger partial charge is 0.217 e. The Bertz CT molecular complexity index is 975. The zero-order valence-corrected chi connectivity index (χ0v) is 17.5. The standard InChI is InChI=1S/C18H25N5O3S2/c1-26-16-4-2-14(3-5-16)17-19-18(27)23(20-17)13-21-7-9-22(10-8-21)15-6-11-28(24,25)12-15/h2-5,15H,6-13H2,1H3,(H,19,20,27). The van der Waals surface area contributed by atoms with Gasteiger partial charge in [-0.1, -0.05) is 0 Å². The van der Waals surface area contributed by atoms with E-state index in [2.05, 4.69) is 19.9 Å². The lowest BCUT2D eigenvalue weighted by atomic mass is 10.2. The molecule has 1 aromatic carbocycles. The van der Waals surface area contributed by atoms with Crippen molar-refractivity contribution in [3.8, 4) is 17.1 Å². The first kappa shape index (κ1) is 19.6. The number of aromatic nitrogens is 3. The molecule has 2 aromatic rings. The highest BCUT2D eigenvalue weighted by Crippen LogP contribution is 2.21. The number of nitrogens with zero attached hydrogens (tertiary/aromatic N) is 4. The SMILES string of the molecule is COc1ccc(-c2nc(=S)n(CN3CCN(C4CCS(=O)(=O)C4)CC3)[nH]2)cc1. The summed E-state index contributed by atoms with van der Waals surface area (Å²) in [6.45, 7) is 4.18. The van der Waals surface area contributed by atoms with E-state index < -0.39 is 9.84 Å². The quantitative estimate of drug-likeness (QED) is 0.728. The van der Waals surface area contributed by atoms with Crippen LogP contribution in [0.4, 0.5) is 0 Å². The van der Waals surface area contributed by atoms with Crippen LogP contribution in [0.1, 0.15) is 6.42 Å². The van der Waals surface area contributed by atoms with Gasteiger partial charge in [0.05, 0.1) is 25.3 Å². The second-order valence-corrected chi connectivity index (χ2v) is 9.96. The Morgan fingerprint density at radius 1 is 1.21 bits per heavy atom. The minimum Gasteiger partial charge on any atom is -0.497 e. The van der Waals surface area contributed by atoms with E-state index in [4.69, 9.17) is 17.0 Å². The molecular formula is C18H25N5O3S2. The normalized spacial score (nSPS) is 23.1. The molecule has 1 N–H and O–H groups in total. The van der Waals surface area contributed by atoms with Gasteiger partial charge in [-0.3, -0.25) is 14.9 Å². The summed E-state index contributed by atoms with van der Waals surface area (Å²) in [6, 6.07) is 7.88. The van der Waals surface area contributed by atoms with Gasteiger partial charge in [0.1, 0.15) is 5.75 Å². The largest absolute Gasteiger partial charge is 0.497 e. The average Bonchev–Trinajstić information content (AvgIpc) is 3.24. The number of hydrogen-bond donors (Lipinski definition) is 1. The fourth-order valence-corrected chi connectivity index (χ4v) is 5.82. The van der Waals surface area contributed by atoms with Crippen LogP contribution in [0.2, 0.25) is 0 Å². The molecule has 10 heteroatoms. The predicted octanol–water partition coefficient (Wildman–Crippen LogP) is 1.38. The summed E-state index contributed by atoms with van der Waals surface area (Å²) < 4.78 is 31.0. The van der Waals surface area contributed by atoms with Crippen molar-refractivity contribution >= 4 is 22.1 Å². The van der Waals surface area contributed by atoms with Crippen molar-refractivity contribution in [3.63, 3.8) is 0 Å².